The first kappa shape index (κ1) is 21.8. The van der Waals surface area contributed by atoms with Gasteiger partial charge in [0.1, 0.15) is 6.04 Å². The minimum absolute atomic E-state index is 0.309. The van der Waals surface area contributed by atoms with Crippen LogP contribution in [0.25, 0.3) is 5.69 Å². The molecule has 0 unspecified atom stereocenters. The Bertz CT molecular complexity index is 1380. The van der Waals surface area contributed by atoms with Crippen LogP contribution in [0.15, 0.2) is 91.1 Å². The van der Waals surface area contributed by atoms with Gasteiger partial charge in [-0.25, -0.2) is 9.59 Å². The summed E-state index contributed by atoms with van der Waals surface area (Å²) in [6.45, 7) is 0.371. The molecule has 2 amide bonds. The minimum Gasteiger partial charge on any atom is -0.465 e. The third-order valence-corrected chi connectivity index (χ3v) is 6.30. The molecule has 1 atom stereocenters. The van der Waals surface area contributed by atoms with E-state index in [9.17, 15) is 9.59 Å². The second-order valence-corrected chi connectivity index (χ2v) is 8.39. The molecular weight excluding hydrogens is 450 g/mol. The molecule has 0 saturated heterocycles. The van der Waals surface area contributed by atoms with Gasteiger partial charge in [-0.1, -0.05) is 54.1 Å². The zero-order valence-corrected chi connectivity index (χ0v) is 19.2. The summed E-state index contributed by atoms with van der Waals surface area (Å²) in [6.07, 6.45) is 2.00. The number of ether oxygens (including phenoxy) is 1. The van der Waals surface area contributed by atoms with Gasteiger partial charge in [0.25, 0.3) is 0 Å². The Kier molecular flexibility index (Phi) is 5.82. The second kappa shape index (κ2) is 9.08. The van der Waals surface area contributed by atoms with Gasteiger partial charge in [0.2, 0.25) is 0 Å². The van der Waals surface area contributed by atoms with E-state index in [4.69, 9.17) is 16.3 Å². The third kappa shape index (κ3) is 3.93. The lowest BCUT2D eigenvalue weighted by Gasteiger charge is -2.31. The first-order chi connectivity index (χ1) is 16.6. The molecule has 2 heterocycles. The monoisotopic (exact) mass is 471 g/mol. The highest BCUT2D eigenvalue weighted by Crippen LogP contribution is 2.39. The van der Waals surface area contributed by atoms with Crippen molar-refractivity contribution in [3.63, 3.8) is 0 Å². The lowest BCUT2D eigenvalue weighted by Crippen LogP contribution is -2.38. The highest BCUT2D eigenvalue weighted by Gasteiger charge is 2.34. The number of hydrogen-bond donors (Lipinski definition) is 1. The zero-order chi connectivity index (χ0) is 23.7. The Morgan fingerprint density at radius 2 is 1.76 bits per heavy atom. The first-order valence-electron chi connectivity index (χ1n) is 10.8. The highest BCUT2D eigenvalue weighted by atomic mass is 35.5. The quantitative estimate of drug-likeness (QED) is 0.370. The molecule has 3 aromatic carbocycles. The summed E-state index contributed by atoms with van der Waals surface area (Å²) < 4.78 is 6.91. The fraction of sp³-hybridized carbons (Fsp3) is 0.111. The summed E-state index contributed by atoms with van der Waals surface area (Å²) in [5.41, 5.74) is 4.64. The molecule has 0 saturated carbocycles. The number of aromatic nitrogens is 1. The summed E-state index contributed by atoms with van der Waals surface area (Å²) in [5, 5.41) is 3.54. The van der Waals surface area contributed by atoms with Crippen LogP contribution in [0.2, 0.25) is 5.02 Å². The van der Waals surface area contributed by atoms with E-state index in [-0.39, 0.29) is 6.03 Å². The van der Waals surface area contributed by atoms with Crippen LogP contribution in [-0.2, 0) is 11.3 Å². The molecule has 4 aromatic rings. The smallest absolute Gasteiger partial charge is 0.337 e. The number of para-hydroxylation sites is 1. The van der Waals surface area contributed by atoms with Gasteiger partial charge in [0.15, 0.2) is 0 Å². The van der Waals surface area contributed by atoms with Crippen molar-refractivity contribution in [2.75, 3.05) is 12.4 Å². The topological polar surface area (TPSA) is 63.6 Å². The first-order valence-corrected chi connectivity index (χ1v) is 11.2. The molecular formula is C27H22ClN3O3. The van der Waals surface area contributed by atoms with Crippen molar-refractivity contribution in [3.8, 4) is 5.69 Å². The number of anilines is 1. The molecule has 5 rings (SSSR count). The van der Waals surface area contributed by atoms with Crippen LogP contribution in [-0.4, -0.2) is 28.6 Å². The highest BCUT2D eigenvalue weighted by molar-refractivity contribution is 6.31. The van der Waals surface area contributed by atoms with E-state index in [1.54, 1.807) is 29.2 Å². The van der Waals surface area contributed by atoms with Gasteiger partial charge in [-0.15, -0.1) is 0 Å². The Hall–Kier alpha value is -4.03. The van der Waals surface area contributed by atoms with E-state index >= 15 is 0 Å². The number of rotatable bonds is 3. The van der Waals surface area contributed by atoms with Crippen LogP contribution < -0.4 is 5.32 Å². The molecule has 1 aromatic heterocycles. The van der Waals surface area contributed by atoms with Crippen LogP contribution in [0.5, 0.6) is 0 Å². The molecule has 170 valence electrons. The van der Waals surface area contributed by atoms with Crippen molar-refractivity contribution in [1.82, 2.24) is 9.47 Å². The van der Waals surface area contributed by atoms with E-state index < -0.39 is 12.0 Å². The molecule has 0 fully saturated rings. The third-order valence-electron chi connectivity index (χ3n) is 5.96. The summed E-state index contributed by atoms with van der Waals surface area (Å²) in [4.78, 5) is 27.5. The number of halogens is 1. The number of nitrogens with one attached hydrogen (secondary N) is 1. The van der Waals surface area contributed by atoms with Crippen LogP contribution in [0.3, 0.4) is 0 Å². The molecule has 0 aliphatic carbocycles. The summed E-state index contributed by atoms with van der Waals surface area (Å²) in [7, 11) is 1.32. The van der Waals surface area contributed by atoms with Crippen molar-refractivity contribution in [3.05, 3.63) is 119 Å². The van der Waals surface area contributed by atoms with Crippen molar-refractivity contribution in [2.45, 2.75) is 12.6 Å². The van der Waals surface area contributed by atoms with Gasteiger partial charge in [0.05, 0.1) is 30.6 Å². The van der Waals surface area contributed by atoms with Crippen LogP contribution in [0, 0.1) is 0 Å². The van der Waals surface area contributed by atoms with Gasteiger partial charge in [-0.2, -0.15) is 0 Å². The number of urea groups is 1. The maximum Gasteiger partial charge on any atom is 0.337 e. The van der Waals surface area contributed by atoms with Crippen molar-refractivity contribution in [2.24, 2.45) is 0 Å². The van der Waals surface area contributed by atoms with Gasteiger partial charge in [-0.05, 0) is 53.6 Å². The lowest BCUT2D eigenvalue weighted by molar-refractivity contribution is 0.0600. The van der Waals surface area contributed by atoms with Crippen LogP contribution >= 0.6 is 11.6 Å². The Balaban J connectivity index is 1.60. The number of carbonyl (C=O) groups excluding carboxylic acids is 2. The van der Waals surface area contributed by atoms with Crippen molar-refractivity contribution in [1.29, 1.82) is 0 Å². The molecule has 7 heteroatoms. The number of nitrogens with zero attached hydrogens (tertiary/aromatic N) is 2. The van der Waals surface area contributed by atoms with Crippen molar-refractivity contribution < 1.29 is 14.3 Å². The number of methoxy groups -OCH3 is 1. The largest absolute Gasteiger partial charge is 0.465 e. The number of fused-ring (bicyclic) bond motifs is 3. The summed E-state index contributed by atoms with van der Waals surface area (Å²) in [5.74, 6) is -0.466. The molecule has 1 N–H and O–H groups in total. The van der Waals surface area contributed by atoms with Crippen LogP contribution in [0.4, 0.5) is 10.5 Å². The Morgan fingerprint density at radius 3 is 2.59 bits per heavy atom. The molecule has 1 aliphatic rings. The fourth-order valence-corrected chi connectivity index (χ4v) is 4.64. The van der Waals surface area contributed by atoms with Gasteiger partial charge < -0.3 is 19.5 Å². The molecule has 0 radical (unpaired) electrons. The van der Waals surface area contributed by atoms with Crippen LogP contribution in [0.1, 0.15) is 33.2 Å². The van der Waals surface area contributed by atoms with E-state index in [0.717, 1.165) is 22.5 Å². The normalized spacial score (nSPS) is 14.5. The molecule has 6 nitrogen and oxygen atoms in total. The Morgan fingerprint density at radius 1 is 0.971 bits per heavy atom. The maximum absolute atomic E-state index is 13.8. The van der Waals surface area contributed by atoms with E-state index in [1.165, 1.54) is 7.11 Å². The van der Waals surface area contributed by atoms with E-state index in [0.29, 0.717) is 22.8 Å². The molecule has 0 spiro atoms. The second-order valence-electron chi connectivity index (χ2n) is 7.99. The summed E-state index contributed by atoms with van der Waals surface area (Å²) in [6, 6.07) is 25.5. The Labute approximate surface area is 202 Å². The SMILES string of the molecule is COC(=O)c1cccc(NC(=O)N2Cc3ccccc3-n3cccc3[C@H]2c2ccccc2Cl)c1. The molecule has 0 bridgehead atoms. The predicted octanol–water partition coefficient (Wildman–Crippen LogP) is 6.05. The fourth-order valence-electron chi connectivity index (χ4n) is 4.40. The number of amides is 2. The number of hydrogen-bond acceptors (Lipinski definition) is 3. The van der Waals surface area contributed by atoms with Gasteiger partial charge in [0, 0.05) is 16.9 Å². The standard InChI is InChI=1S/C27H22ClN3O3/c1-34-26(32)18-9-6-10-20(16-18)29-27(33)31-17-19-8-2-5-13-23(19)30-15-7-14-24(30)25(31)21-11-3-4-12-22(21)28/h2-16,25H,17H2,1H3,(H,29,33)/t25-/m1/s1. The predicted molar refractivity (Wildman–Crippen MR) is 131 cm³/mol. The van der Waals surface area contributed by atoms with E-state index in [2.05, 4.69) is 9.88 Å². The number of esters is 1. The number of carbonyl (C=O) groups is 2. The summed E-state index contributed by atoms with van der Waals surface area (Å²) >= 11 is 6.64. The molecule has 34 heavy (non-hydrogen) atoms. The van der Waals surface area contributed by atoms with Crippen molar-refractivity contribution >= 4 is 29.3 Å². The van der Waals surface area contributed by atoms with E-state index in [1.807, 2.05) is 66.9 Å². The zero-order valence-electron chi connectivity index (χ0n) is 18.4. The average Bonchev–Trinajstić information content (AvgIpc) is 3.29. The molecule has 1 aliphatic heterocycles. The van der Waals surface area contributed by atoms with Gasteiger partial charge >= 0.3 is 12.0 Å². The number of benzene rings is 3. The maximum atomic E-state index is 13.8. The van der Waals surface area contributed by atoms with Gasteiger partial charge in [-0.3, -0.25) is 0 Å². The average molecular weight is 472 g/mol. The minimum atomic E-state index is -0.466. The lowest BCUT2D eigenvalue weighted by atomic mass is 10.0.